The Kier molecular flexibility index (Phi) is 5.35. The first-order valence-electron chi connectivity index (χ1n) is 7.66. The summed E-state index contributed by atoms with van der Waals surface area (Å²) in [5, 5.41) is 3.49. The van der Waals surface area contributed by atoms with Gasteiger partial charge in [0.25, 0.3) is 0 Å². The largest absolute Gasteiger partial charge is 0.310 e. The first kappa shape index (κ1) is 15.5. The Morgan fingerprint density at radius 3 is 2.19 bits per heavy atom. The van der Waals surface area contributed by atoms with Crippen LogP contribution in [-0.2, 0) is 0 Å². The molecule has 0 aliphatic heterocycles. The highest BCUT2D eigenvalue weighted by atomic mass is 14.9. The molecule has 2 rings (SSSR count). The molecule has 0 aromatic heterocycles. The van der Waals surface area contributed by atoms with Gasteiger partial charge in [-0.15, -0.1) is 0 Å². The van der Waals surface area contributed by atoms with Crippen molar-refractivity contribution in [1.29, 1.82) is 0 Å². The van der Waals surface area contributed by atoms with Crippen molar-refractivity contribution in [2.45, 2.75) is 33.2 Å². The molecular formula is C20H25N. The molecule has 1 atom stereocenters. The summed E-state index contributed by atoms with van der Waals surface area (Å²) in [7, 11) is 2.04. The van der Waals surface area contributed by atoms with E-state index < -0.39 is 0 Å². The van der Waals surface area contributed by atoms with Crippen molar-refractivity contribution < 1.29 is 0 Å². The van der Waals surface area contributed by atoms with Crippen LogP contribution >= 0.6 is 0 Å². The molecule has 0 heterocycles. The monoisotopic (exact) mass is 279 g/mol. The smallest absolute Gasteiger partial charge is 0.0539 e. The zero-order valence-electron chi connectivity index (χ0n) is 13.5. The van der Waals surface area contributed by atoms with Gasteiger partial charge < -0.3 is 5.32 Å². The Bertz CT molecular complexity index is 611. The molecule has 0 spiro atoms. The van der Waals surface area contributed by atoms with Crippen molar-refractivity contribution in [3.63, 3.8) is 0 Å². The molecule has 110 valence electrons. The minimum atomic E-state index is 0.265. The van der Waals surface area contributed by atoms with Crippen LogP contribution in [0.4, 0.5) is 0 Å². The van der Waals surface area contributed by atoms with Crippen LogP contribution in [0.1, 0.15) is 43.0 Å². The van der Waals surface area contributed by atoms with Crippen molar-refractivity contribution in [3.8, 4) is 0 Å². The molecule has 2 aromatic carbocycles. The first-order chi connectivity index (χ1) is 10.2. The average molecular weight is 279 g/mol. The molecule has 0 aliphatic rings. The molecule has 1 unspecified atom stereocenters. The van der Waals surface area contributed by atoms with Gasteiger partial charge in [0.1, 0.15) is 0 Å². The van der Waals surface area contributed by atoms with E-state index in [-0.39, 0.29) is 6.04 Å². The second-order valence-electron chi connectivity index (χ2n) is 5.46. The summed E-state index contributed by atoms with van der Waals surface area (Å²) < 4.78 is 0. The van der Waals surface area contributed by atoms with Gasteiger partial charge in [0.15, 0.2) is 0 Å². The van der Waals surface area contributed by atoms with Crippen molar-refractivity contribution >= 4 is 5.57 Å². The lowest BCUT2D eigenvalue weighted by Gasteiger charge is -2.23. The number of hydrogen-bond acceptors (Lipinski definition) is 1. The number of nitrogens with one attached hydrogen (secondary N) is 1. The lowest BCUT2D eigenvalue weighted by Crippen LogP contribution is -2.19. The lowest BCUT2D eigenvalue weighted by atomic mass is 9.89. The van der Waals surface area contributed by atoms with Gasteiger partial charge in [-0.25, -0.2) is 0 Å². The molecule has 0 radical (unpaired) electrons. The van der Waals surface area contributed by atoms with E-state index in [0.29, 0.717) is 0 Å². The van der Waals surface area contributed by atoms with Crippen LogP contribution in [0, 0.1) is 6.92 Å². The van der Waals surface area contributed by atoms with Gasteiger partial charge in [-0.1, -0.05) is 61.5 Å². The number of likely N-dealkylation sites (N-methyl/N-ethyl adjacent to an activating group) is 1. The summed E-state index contributed by atoms with van der Waals surface area (Å²) in [6.07, 6.45) is 1.04. The van der Waals surface area contributed by atoms with Crippen molar-refractivity contribution in [2.24, 2.45) is 0 Å². The molecule has 21 heavy (non-hydrogen) atoms. The van der Waals surface area contributed by atoms with Gasteiger partial charge in [-0.3, -0.25) is 0 Å². The van der Waals surface area contributed by atoms with E-state index in [0.717, 1.165) is 6.42 Å². The average Bonchev–Trinajstić information content (AvgIpc) is 2.52. The van der Waals surface area contributed by atoms with Gasteiger partial charge in [0, 0.05) is 0 Å². The van der Waals surface area contributed by atoms with E-state index in [2.05, 4.69) is 80.7 Å². The van der Waals surface area contributed by atoms with Crippen LogP contribution in [0.5, 0.6) is 0 Å². The maximum Gasteiger partial charge on any atom is 0.0539 e. The first-order valence-corrected chi connectivity index (χ1v) is 7.66. The predicted molar refractivity (Wildman–Crippen MR) is 92.3 cm³/mol. The van der Waals surface area contributed by atoms with E-state index in [1.807, 2.05) is 7.05 Å². The summed E-state index contributed by atoms with van der Waals surface area (Å²) in [5.41, 5.74) is 6.85. The third-order valence-electron chi connectivity index (χ3n) is 4.17. The van der Waals surface area contributed by atoms with Gasteiger partial charge in [0.05, 0.1) is 6.04 Å². The van der Waals surface area contributed by atoms with Crippen LogP contribution in [0.2, 0.25) is 0 Å². The standard InChI is InChI=1S/C20H25N/c1-5-18(17-12-7-6-8-13-17)16(3)20(21-4)19-14-10-9-11-15(19)2/h6-14,20-21H,5H2,1-4H3/b18-16+. The maximum absolute atomic E-state index is 3.49. The lowest BCUT2D eigenvalue weighted by molar-refractivity contribution is 0.673. The van der Waals surface area contributed by atoms with E-state index >= 15 is 0 Å². The molecule has 2 aromatic rings. The molecule has 1 N–H and O–H groups in total. The number of rotatable bonds is 5. The zero-order chi connectivity index (χ0) is 15.2. The van der Waals surface area contributed by atoms with Crippen LogP contribution in [-0.4, -0.2) is 7.05 Å². The highest BCUT2D eigenvalue weighted by molar-refractivity contribution is 5.69. The molecule has 1 nitrogen and oxygen atoms in total. The fourth-order valence-electron chi connectivity index (χ4n) is 3.04. The van der Waals surface area contributed by atoms with Crippen molar-refractivity contribution in [2.75, 3.05) is 7.05 Å². The number of hydrogen-bond donors (Lipinski definition) is 1. The van der Waals surface area contributed by atoms with Crippen molar-refractivity contribution in [1.82, 2.24) is 5.32 Å². The van der Waals surface area contributed by atoms with Crippen molar-refractivity contribution in [3.05, 3.63) is 76.9 Å². The zero-order valence-corrected chi connectivity index (χ0v) is 13.5. The molecule has 0 saturated carbocycles. The summed E-state index contributed by atoms with van der Waals surface area (Å²) in [5.74, 6) is 0. The third kappa shape index (κ3) is 3.43. The second kappa shape index (κ2) is 7.24. The fraction of sp³-hybridized carbons (Fsp3) is 0.300. The Labute approximate surface area is 128 Å². The molecular weight excluding hydrogens is 254 g/mol. The molecule has 1 heteroatoms. The Balaban J connectivity index is 2.50. The number of aryl methyl sites for hydroxylation is 1. The van der Waals surface area contributed by atoms with Gasteiger partial charge in [-0.05, 0) is 55.2 Å². The van der Waals surface area contributed by atoms with Crippen LogP contribution in [0.3, 0.4) is 0 Å². The summed E-state index contributed by atoms with van der Waals surface area (Å²) in [4.78, 5) is 0. The predicted octanol–water partition coefficient (Wildman–Crippen LogP) is 5.14. The van der Waals surface area contributed by atoms with E-state index in [1.165, 1.54) is 27.8 Å². The van der Waals surface area contributed by atoms with E-state index in [4.69, 9.17) is 0 Å². The topological polar surface area (TPSA) is 12.0 Å². The maximum atomic E-state index is 3.49. The Hall–Kier alpha value is -1.86. The number of benzene rings is 2. The summed E-state index contributed by atoms with van der Waals surface area (Å²) >= 11 is 0. The fourth-order valence-corrected chi connectivity index (χ4v) is 3.04. The molecule has 0 saturated heterocycles. The van der Waals surface area contributed by atoms with Crippen LogP contribution < -0.4 is 5.32 Å². The highest BCUT2D eigenvalue weighted by Gasteiger charge is 2.16. The summed E-state index contributed by atoms with van der Waals surface area (Å²) in [6, 6.07) is 19.6. The normalized spacial score (nSPS) is 13.7. The highest BCUT2D eigenvalue weighted by Crippen LogP contribution is 2.31. The van der Waals surface area contributed by atoms with Crippen LogP contribution in [0.15, 0.2) is 60.2 Å². The third-order valence-corrected chi connectivity index (χ3v) is 4.17. The Morgan fingerprint density at radius 1 is 1.00 bits per heavy atom. The second-order valence-corrected chi connectivity index (χ2v) is 5.46. The van der Waals surface area contributed by atoms with Gasteiger partial charge in [-0.2, -0.15) is 0 Å². The quantitative estimate of drug-likeness (QED) is 0.799. The Morgan fingerprint density at radius 2 is 1.62 bits per heavy atom. The van der Waals surface area contributed by atoms with Gasteiger partial charge in [0.2, 0.25) is 0 Å². The molecule has 0 aliphatic carbocycles. The van der Waals surface area contributed by atoms with E-state index in [9.17, 15) is 0 Å². The molecule has 0 amide bonds. The number of allylic oxidation sites excluding steroid dienone is 1. The summed E-state index contributed by atoms with van der Waals surface area (Å²) in [6.45, 7) is 6.66. The van der Waals surface area contributed by atoms with Gasteiger partial charge >= 0.3 is 0 Å². The molecule has 0 bridgehead atoms. The minimum absolute atomic E-state index is 0.265. The van der Waals surface area contributed by atoms with Crippen LogP contribution in [0.25, 0.3) is 5.57 Å². The molecule has 0 fully saturated rings. The van der Waals surface area contributed by atoms with E-state index in [1.54, 1.807) is 0 Å². The SMILES string of the molecule is CC/C(=C(/C)C(NC)c1ccccc1C)c1ccccc1. The minimum Gasteiger partial charge on any atom is -0.310 e.